The molecule has 2 atom stereocenters. The van der Waals surface area contributed by atoms with E-state index in [0.717, 1.165) is 23.8 Å². The van der Waals surface area contributed by atoms with Crippen LogP contribution in [-0.2, 0) is 22.3 Å². The molecule has 2 aromatic rings. The van der Waals surface area contributed by atoms with Gasteiger partial charge in [0.2, 0.25) is 0 Å². The highest BCUT2D eigenvalue weighted by Gasteiger charge is 2.31. The van der Waals surface area contributed by atoms with E-state index in [0.29, 0.717) is 17.4 Å². The van der Waals surface area contributed by atoms with Gasteiger partial charge < -0.3 is 14.5 Å². The van der Waals surface area contributed by atoms with Crippen molar-refractivity contribution < 1.29 is 22.6 Å². The minimum atomic E-state index is -4.40. The van der Waals surface area contributed by atoms with E-state index in [9.17, 15) is 13.2 Å². The van der Waals surface area contributed by atoms with E-state index in [1.54, 1.807) is 7.11 Å². The Bertz CT molecular complexity index is 942. The van der Waals surface area contributed by atoms with Crippen molar-refractivity contribution in [2.75, 3.05) is 7.11 Å². The topological polar surface area (TPSA) is 60.0 Å². The van der Waals surface area contributed by atoms with Crippen LogP contribution in [0.4, 0.5) is 13.2 Å². The first-order valence-corrected chi connectivity index (χ1v) is 11.1. The third kappa shape index (κ3) is 5.41. The Balaban J connectivity index is 1.38. The molecule has 0 saturated heterocycles. The Hall–Kier alpha value is -2.61. The summed E-state index contributed by atoms with van der Waals surface area (Å²) in [7, 11) is 1.64. The number of ether oxygens (including phenoxy) is 2. The second-order valence-electron chi connectivity index (χ2n) is 8.39. The standard InChI is InChI=1S/C24H28F3N3O2/c1-31-22-12-19(32-15-18-9-8-17(13-28-18)24(25,26)27)10-11-20(22)21-14-29-23(30-21)16-6-4-2-3-5-7-16/h8-14,16,20,22H,2-7,15H2,1H3,(H,29,30). The molecular formula is C24H28F3N3O2. The fraction of sp³-hybridized carbons (Fsp3) is 0.500. The van der Waals surface area contributed by atoms with Crippen molar-refractivity contribution in [2.45, 2.75) is 69.2 Å². The quantitative estimate of drug-likeness (QED) is 0.549. The van der Waals surface area contributed by atoms with Gasteiger partial charge in [0.15, 0.2) is 0 Å². The number of imidazole rings is 1. The van der Waals surface area contributed by atoms with Gasteiger partial charge in [-0.3, -0.25) is 4.98 Å². The van der Waals surface area contributed by atoms with Crippen molar-refractivity contribution in [3.63, 3.8) is 0 Å². The van der Waals surface area contributed by atoms with Crippen molar-refractivity contribution in [3.8, 4) is 0 Å². The lowest BCUT2D eigenvalue weighted by Gasteiger charge is -2.24. The number of methoxy groups -OCH3 is 1. The predicted molar refractivity (Wildman–Crippen MR) is 114 cm³/mol. The van der Waals surface area contributed by atoms with Gasteiger partial charge in [0.1, 0.15) is 18.2 Å². The molecule has 2 unspecified atom stereocenters. The maximum absolute atomic E-state index is 12.7. The second-order valence-corrected chi connectivity index (χ2v) is 8.39. The van der Waals surface area contributed by atoms with Crippen LogP contribution in [-0.4, -0.2) is 28.2 Å². The molecule has 5 nitrogen and oxygen atoms in total. The van der Waals surface area contributed by atoms with Crippen LogP contribution in [0.15, 0.2) is 48.5 Å². The molecule has 4 rings (SSSR count). The summed E-state index contributed by atoms with van der Waals surface area (Å²) in [6.07, 6.45) is 11.3. The molecule has 2 aliphatic rings. The molecule has 1 fully saturated rings. The number of pyridine rings is 1. The second kappa shape index (κ2) is 9.90. The van der Waals surface area contributed by atoms with E-state index >= 15 is 0 Å². The number of nitrogens with one attached hydrogen (secondary N) is 1. The van der Waals surface area contributed by atoms with Gasteiger partial charge in [0.05, 0.1) is 17.4 Å². The minimum Gasteiger partial charge on any atom is -0.488 e. The summed E-state index contributed by atoms with van der Waals surface area (Å²) in [5.41, 5.74) is 0.653. The van der Waals surface area contributed by atoms with Crippen molar-refractivity contribution in [1.29, 1.82) is 0 Å². The van der Waals surface area contributed by atoms with E-state index in [1.807, 2.05) is 24.4 Å². The smallest absolute Gasteiger partial charge is 0.417 e. The van der Waals surface area contributed by atoms with Crippen LogP contribution in [0, 0.1) is 0 Å². The zero-order valence-electron chi connectivity index (χ0n) is 18.1. The Labute approximate surface area is 185 Å². The molecule has 0 radical (unpaired) electrons. The fourth-order valence-electron chi connectivity index (χ4n) is 4.34. The van der Waals surface area contributed by atoms with Crippen LogP contribution < -0.4 is 0 Å². The first-order chi connectivity index (χ1) is 15.4. The lowest BCUT2D eigenvalue weighted by molar-refractivity contribution is -0.137. The normalized spacial score (nSPS) is 22.4. The number of hydrogen-bond acceptors (Lipinski definition) is 4. The van der Waals surface area contributed by atoms with Gasteiger partial charge >= 0.3 is 6.18 Å². The summed E-state index contributed by atoms with van der Waals surface area (Å²) in [4.78, 5) is 12.0. The van der Waals surface area contributed by atoms with Gasteiger partial charge in [0, 0.05) is 37.0 Å². The van der Waals surface area contributed by atoms with E-state index in [4.69, 9.17) is 9.47 Å². The number of alkyl halides is 3. The maximum Gasteiger partial charge on any atom is 0.417 e. The number of aromatic amines is 1. The zero-order chi connectivity index (χ0) is 22.6. The summed E-state index contributed by atoms with van der Waals surface area (Å²) < 4.78 is 49.4. The molecule has 32 heavy (non-hydrogen) atoms. The monoisotopic (exact) mass is 447 g/mol. The molecule has 2 heterocycles. The summed E-state index contributed by atoms with van der Waals surface area (Å²) in [5.74, 6) is 2.14. The van der Waals surface area contributed by atoms with Gasteiger partial charge in [-0.1, -0.05) is 31.8 Å². The molecule has 0 spiro atoms. The lowest BCUT2D eigenvalue weighted by Crippen LogP contribution is -2.21. The Morgan fingerprint density at radius 2 is 1.84 bits per heavy atom. The average molecular weight is 448 g/mol. The molecule has 0 bridgehead atoms. The SMILES string of the molecule is COC1C=C(OCc2ccc(C(F)(F)F)cn2)C=CC1c1cnc(C2CCCCCC2)[nH]1. The number of rotatable bonds is 6. The van der Waals surface area contributed by atoms with Crippen LogP contribution >= 0.6 is 0 Å². The van der Waals surface area contributed by atoms with E-state index in [-0.39, 0.29) is 18.6 Å². The number of hydrogen-bond donors (Lipinski definition) is 1. The Morgan fingerprint density at radius 1 is 1.06 bits per heavy atom. The highest BCUT2D eigenvalue weighted by Crippen LogP contribution is 2.33. The summed E-state index contributed by atoms with van der Waals surface area (Å²) in [6, 6.07) is 2.33. The molecule has 0 aromatic carbocycles. The summed E-state index contributed by atoms with van der Waals surface area (Å²) in [6.45, 7) is 0.0747. The molecular weight excluding hydrogens is 419 g/mol. The Kier molecular flexibility index (Phi) is 6.98. The van der Waals surface area contributed by atoms with Gasteiger partial charge in [-0.15, -0.1) is 0 Å². The van der Waals surface area contributed by atoms with Crippen LogP contribution in [0.3, 0.4) is 0 Å². The van der Waals surface area contributed by atoms with Crippen molar-refractivity contribution >= 4 is 0 Å². The van der Waals surface area contributed by atoms with Crippen LogP contribution in [0.5, 0.6) is 0 Å². The van der Waals surface area contributed by atoms with E-state index in [2.05, 4.69) is 15.0 Å². The van der Waals surface area contributed by atoms with Crippen LogP contribution in [0.1, 0.15) is 73.1 Å². The zero-order valence-corrected chi connectivity index (χ0v) is 18.1. The fourth-order valence-corrected chi connectivity index (χ4v) is 4.34. The number of halogens is 3. The van der Waals surface area contributed by atoms with Gasteiger partial charge in [-0.05, 0) is 37.1 Å². The third-order valence-corrected chi connectivity index (χ3v) is 6.18. The van der Waals surface area contributed by atoms with Gasteiger partial charge in [0.25, 0.3) is 0 Å². The molecule has 8 heteroatoms. The molecule has 2 aromatic heterocycles. The third-order valence-electron chi connectivity index (χ3n) is 6.18. The van der Waals surface area contributed by atoms with Crippen molar-refractivity contribution in [1.82, 2.24) is 15.0 Å². The molecule has 2 aliphatic carbocycles. The molecule has 1 N–H and O–H groups in total. The number of aromatic nitrogens is 3. The number of nitrogens with zero attached hydrogens (tertiary/aromatic N) is 2. The van der Waals surface area contributed by atoms with Gasteiger partial charge in [-0.2, -0.15) is 13.2 Å². The van der Waals surface area contributed by atoms with E-state index < -0.39 is 11.7 Å². The largest absolute Gasteiger partial charge is 0.488 e. The minimum absolute atomic E-state index is 0.0106. The van der Waals surface area contributed by atoms with E-state index in [1.165, 1.54) is 44.6 Å². The average Bonchev–Trinajstić information content (AvgIpc) is 3.12. The molecule has 1 saturated carbocycles. The molecule has 0 aliphatic heterocycles. The van der Waals surface area contributed by atoms with Crippen LogP contribution in [0.25, 0.3) is 0 Å². The highest BCUT2D eigenvalue weighted by atomic mass is 19.4. The van der Waals surface area contributed by atoms with Crippen LogP contribution in [0.2, 0.25) is 0 Å². The van der Waals surface area contributed by atoms with Crippen molar-refractivity contribution in [2.24, 2.45) is 0 Å². The Morgan fingerprint density at radius 3 is 2.50 bits per heavy atom. The number of H-pyrrole nitrogens is 1. The predicted octanol–water partition coefficient (Wildman–Crippen LogP) is 6.03. The first-order valence-electron chi connectivity index (χ1n) is 11.1. The maximum atomic E-state index is 12.7. The lowest BCUT2D eigenvalue weighted by atomic mass is 9.94. The summed E-state index contributed by atoms with van der Waals surface area (Å²) in [5, 5.41) is 0. The first kappa shape index (κ1) is 22.6. The highest BCUT2D eigenvalue weighted by molar-refractivity contribution is 5.30. The molecule has 172 valence electrons. The number of allylic oxidation sites excluding steroid dienone is 1. The van der Waals surface area contributed by atoms with Crippen molar-refractivity contribution in [3.05, 3.63) is 71.3 Å². The van der Waals surface area contributed by atoms with Gasteiger partial charge in [-0.25, -0.2) is 4.98 Å². The summed E-state index contributed by atoms with van der Waals surface area (Å²) >= 11 is 0. The molecule has 0 amide bonds.